The Balaban J connectivity index is 0.000000357. The fourth-order valence-corrected chi connectivity index (χ4v) is 1.87. The van der Waals surface area contributed by atoms with E-state index < -0.39 is 0 Å². The fraction of sp³-hybridized carbons (Fsp3) is 0.222. The van der Waals surface area contributed by atoms with Crippen molar-refractivity contribution in [2.24, 2.45) is 0 Å². The van der Waals surface area contributed by atoms with Crippen molar-refractivity contribution in [3.8, 4) is 23.5 Å². The zero-order chi connectivity index (χ0) is 13.4. The molecule has 0 atom stereocenters. The minimum absolute atomic E-state index is 0.847. The lowest BCUT2D eigenvalue weighted by atomic mass is 9.96. The molecule has 0 N–H and O–H groups in total. The summed E-state index contributed by atoms with van der Waals surface area (Å²) in [5.41, 5.74) is 5.36. The zero-order valence-electron chi connectivity index (χ0n) is 11.4. The Kier molecular flexibility index (Phi) is 5.74. The average Bonchev–Trinajstić information content (AvgIpc) is 2.40. The molecule has 0 heteroatoms. The van der Waals surface area contributed by atoms with Crippen molar-refractivity contribution in [1.29, 1.82) is 0 Å². The molecule has 2 rings (SSSR count). The van der Waals surface area contributed by atoms with Gasteiger partial charge in [-0.2, -0.15) is 0 Å². The molecule has 0 saturated heterocycles. The summed E-state index contributed by atoms with van der Waals surface area (Å²) >= 11 is 0. The third-order valence-corrected chi connectivity index (χ3v) is 2.75. The van der Waals surface area contributed by atoms with Crippen molar-refractivity contribution in [2.45, 2.75) is 27.2 Å². The van der Waals surface area contributed by atoms with E-state index in [1.807, 2.05) is 6.92 Å². The maximum Gasteiger partial charge on any atom is 0.00576 e. The van der Waals surface area contributed by atoms with Crippen LogP contribution in [0, 0.1) is 26.2 Å². The van der Waals surface area contributed by atoms with Crippen LogP contribution in [0.2, 0.25) is 0 Å². The number of hydrogen-bond acceptors (Lipinski definition) is 0. The number of hydrogen-bond donors (Lipinski definition) is 0. The Morgan fingerprint density at radius 3 is 1.83 bits per heavy atom. The van der Waals surface area contributed by atoms with Gasteiger partial charge in [-0.3, -0.25) is 0 Å². The van der Waals surface area contributed by atoms with Crippen LogP contribution in [0.5, 0.6) is 0 Å². The molecule has 2 aromatic rings. The van der Waals surface area contributed by atoms with Gasteiger partial charge in [0.15, 0.2) is 0 Å². The van der Waals surface area contributed by atoms with Crippen LogP contribution in [0.15, 0.2) is 48.5 Å². The molecule has 0 bridgehead atoms. The van der Waals surface area contributed by atoms with Crippen LogP contribution in [0.4, 0.5) is 0 Å². The lowest BCUT2D eigenvalue weighted by Crippen LogP contribution is -1.86. The first kappa shape index (κ1) is 14.1. The zero-order valence-corrected chi connectivity index (χ0v) is 11.4. The highest BCUT2D eigenvalue weighted by Crippen LogP contribution is 2.26. The Labute approximate surface area is 111 Å². The summed E-state index contributed by atoms with van der Waals surface area (Å²) in [7, 11) is 0. The molecule has 0 aromatic heterocycles. The molecular weight excluding hydrogens is 216 g/mol. The number of terminal acetylenes is 1. The molecule has 0 unspecified atom stereocenters. The predicted octanol–water partition coefficient (Wildman–Crippen LogP) is 5.00. The second kappa shape index (κ2) is 7.35. The van der Waals surface area contributed by atoms with Crippen LogP contribution in [-0.2, 0) is 0 Å². The molecule has 0 nitrogen and oxygen atoms in total. The van der Waals surface area contributed by atoms with Gasteiger partial charge in [-0.15, -0.1) is 12.3 Å². The summed E-state index contributed by atoms with van der Waals surface area (Å²) in [5.74, 6) is 2.43. The molecule has 0 radical (unpaired) electrons. The Bertz CT molecular complexity index is 495. The van der Waals surface area contributed by atoms with Gasteiger partial charge in [0.25, 0.3) is 0 Å². The summed E-state index contributed by atoms with van der Waals surface area (Å²) in [4.78, 5) is 0. The van der Waals surface area contributed by atoms with Crippen molar-refractivity contribution in [1.82, 2.24) is 0 Å². The van der Waals surface area contributed by atoms with Crippen LogP contribution < -0.4 is 0 Å². The van der Waals surface area contributed by atoms with Crippen LogP contribution in [0.3, 0.4) is 0 Å². The van der Waals surface area contributed by atoms with Crippen molar-refractivity contribution in [2.75, 3.05) is 0 Å². The molecule has 0 spiro atoms. The molecule has 0 aliphatic heterocycles. The minimum Gasteiger partial charge on any atom is -0.120 e. The van der Waals surface area contributed by atoms with E-state index in [1.54, 1.807) is 0 Å². The van der Waals surface area contributed by atoms with Crippen molar-refractivity contribution in [3.63, 3.8) is 0 Å². The Morgan fingerprint density at radius 1 is 0.889 bits per heavy atom. The van der Waals surface area contributed by atoms with Gasteiger partial charge in [0.2, 0.25) is 0 Å². The van der Waals surface area contributed by atoms with E-state index in [-0.39, 0.29) is 0 Å². The third kappa shape index (κ3) is 3.79. The van der Waals surface area contributed by atoms with Crippen LogP contribution in [0.25, 0.3) is 11.1 Å². The molecule has 0 aliphatic carbocycles. The molecule has 0 heterocycles. The van der Waals surface area contributed by atoms with Gasteiger partial charge in [-0.05, 0) is 36.1 Å². The number of benzene rings is 2. The lowest BCUT2D eigenvalue weighted by molar-refractivity contribution is 1.28. The quantitative estimate of drug-likeness (QED) is 0.611. The van der Waals surface area contributed by atoms with Gasteiger partial charge in [0.1, 0.15) is 0 Å². The van der Waals surface area contributed by atoms with Gasteiger partial charge in [-0.1, -0.05) is 55.5 Å². The molecular formula is C18H20. The normalized spacial score (nSPS) is 9.00. The second-order valence-corrected chi connectivity index (χ2v) is 4.19. The van der Waals surface area contributed by atoms with Crippen LogP contribution in [-0.4, -0.2) is 0 Å². The molecule has 0 aliphatic rings. The van der Waals surface area contributed by atoms with Gasteiger partial charge < -0.3 is 0 Å². The molecule has 92 valence electrons. The van der Waals surface area contributed by atoms with Gasteiger partial charge in [0, 0.05) is 6.42 Å². The summed E-state index contributed by atoms with van der Waals surface area (Å²) in [6, 6.07) is 17.0. The highest BCUT2D eigenvalue weighted by Gasteiger charge is 2.03. The monoisotopic (exact) mass is 236 g/mol. The summed E-state index contributed by atoms with van der Waals surface area (Å²) < 4.78 is 0. The summed E-state index contributed by atoms with van der Waals surface area (Å²) in [6.45, 7) is 6.27. The van der Waals surface area contributed by atoms with E-state index >= 15 is 0 Å². The van der Waals surface area contributed by atoms with Gasteiger partial charge in [0.05, 0.1) is 0 Å². The average molecular weight is 236 g/mol. The van der Waals surface area contributed by atoms with E-state index in [9.17, 15) is 0 Å². The van der Waals surface area contributed by atoms with Crippen LogP contribution in [0.1, 0.15) is 24.5 Å². The molecule has 0 amide bonds. The second-order valence-electron chi connectivity index (χ2n) is 4.19. The first-order valence-electron chi connectivity index (χ1n) is 6.25. The van der Waals surface area contributed by atoms with E-state index in [2.05, 4.69) is 68.3 Å². The van der Waals surface area contributed by atoms with Crippen molar-refractivity contribution >= 4 is 0 Å². The maximum absolute atomic E-state index is 4.78. The highest BCUT2D eigenvalue weighted by atomic mass is 14.1. The smallest absolute Gasteiger partial charge is 0.00576 e. The summed E-state index contributed by atoms with van der Waals surface area (Å²) in [5, 5.41) is 0. The Morgan fingerprint density at radius 2 is 1.39 bits per heavy atom. The van der Waals surface area contributed by atoms with Gasteiger partial charge in [-0.25, -0.2) is 0 Å². The predicted molar refractivity (Wildman–Crippen MR) is 80.5 cm³/mol. The maximum atomic E-state index is 4.78. The van der Waals surface area contributed by atoms with E-state index in [4.69, 9.17) is 6.42 Å². The van der Waals surface area contributed by atoms with Crippen LogP contribution >= 0.6 is 0 Å². The van der Waals surface area contributed by atoms with Gasteiger partial charge >= 0.3 is 0 Å². The van der Waals surface area contributed by atoms with Crippen molar-refractivity contribution < 1.29 is 0 Å². The Hall–Kier alpha value is -2.00. The first-order valence-corrected chi connectivity index (χ1v) is 6.25. The highest BCUT2D eigenvalue weighted by molar-refractivity contribution is 5.70. The summed E-state index contributed by atoms with van der Waals surface area (Å²) in [6.07, 6.45) is 5.62. The SMILES string of the molecule is C#CCC.Cc1cccc(C)c1-c1ccccc1. The number of rotatable bonds is 1. The molecule has 0 saturated carbocycles. The molecule has 18 heavy (non-hydrogen) atoms. The first-order chi connectivity index (χ1) is 8.70. The van der Waals surface area contributed by atoms with E-state index in [0.717, 1.165) is 6.42 Å². The third-order valence-electron chi connectivity index (χ3n) is 2.75. The standard InChI is InChI=1S/C14H14.C4H6/c1-11-7-6-8-12(2)14(11)13-9-4-3-5-10-13;1-3-4-2/h3-10H,1-2H3;1H,4H2,2H3. The van der Waals surface area contributed by atoms with Crippen molar-refractivity contribution in [3.05, 3.63) is 59.7 Å². The largest absolute Gasteiger partial charge is 0.120 e. The molecule has 2 aromatic carbocycles. The fourth-order valence-electron chi connectivity index (χ4n) is 1.87. The van der Waals surface area contributed by atoms with E-state index in [0.29, 0.717) is 0 Å². The lowest BCUT2D eigenvalue weighted by Gasteiger charge is -2.09. The topological polar surface area (TPSA) is 0 Å². The number of aryl methyl sites for hydroxylation is 2. The van der Waals surface area contributed by atoms with E-state index in [1.165, 1.54) is 22.3 Å². The minimum atomic E-state index is 0.847. The molecule has 0 fully saturated rings.